The zero-order valence-electron chi connectivity index (χ0n) is 17.6. The van der Waals surface area contributed by atoms with Crippen molar-refractivity contribution in [2.24, 2.45) is 0 Å². The van der Waals surface area contributed by atoms with E-state index in [1.54, 1.807) is 19.3 Å². The summed E-state index contributed by atoms with van der Waals surface area (Å²) >= 11 is 0. The largest absolute Gasteiger partial charge is 0.480 e. The lowest BCUT2D eigenvalue weighted by Crippen LogP contribution is -2.41. The molecule has 0 saturated carbocycles. The molecule has 0 aliphatic carbocycles. The fourth-order valence-electron chi connectivity index (χ4n) is 4.27. The number of hydrogen-bond donors (Lipinski definition) is 1. The van der Waals surface area contributed by atoms with E-state index in [2.05, 4.69) is 20.8 Å². The zero-order valence-corrected chi connectivity index (χ0v) is 17.6. The maximum absolute atomic E-state index is 12.8. The first-order chi connectivity index (χ1) is 14.1. The number of rotatable bonds is 3. The second-order valence-electron chi connectivity index (χ2n) is 9.00. The monoisotopic (exact) mass is 411 g/mol. The molecule has 3 heterocycles. The van der Waals surface area contributed by atoms with Crippen molar-refractivity contribution in [3.63, 3.8) is 0 Å². The summed E-state index contributed by atoms with van der Waals surface area (Å²) in [6.45, 7) is 8.47. The van der Waals surface area contributed by atoms with Crippen LogP contribution in [0.1, 0.15) is 50.3 Å². The van der Waals surface area contributed by atoms with Crippen molar-refractivity contribution in [1.82, 2.24) is 4.90 Å². The molecule has 2 aromatic heterocycles. The van der Waals surface area contributed by atoms with E-state index < -0.39 is 17.6 Å². The topological polar surface area (TPSA) is 101 Å². The number of aliphatic carboxylic acids is 1. The Morgan fingerprint density at radius 1 is 1.20 bits per heavy atom. The standard InChI is InChI=1S/C23H25NO6/c1-12-13-8-15-16(23(2,3)4)11-29-18(15)10-19(13)30-22(28)14(12)9-20(25)24-7-5-6-17(24)21(26)27/h8,10-11,17H,5-7,9H2,1-4H3,(H,26,27)/t17-/m0/s1. The van der Waals surface area contributed by atoms with E-state index in [4.69, 9.17) is 8.83 Å². The zero-order chi connectivity index (χ0) is 21.8. The molecule has 158 valence electrons. The number of benzene rings is 1. The molecular formula is C23H25NO6. The number of carbonyl (C=O) groups is 2. The first-order valence-electron chi connectivity index (χ1n) is 10.1. The summed E-state index contributed by atoms with van der Waals surface area (Å²) in [5, 5.41) is 11.0. The van der Waals surface area contributed by atoms with Gasteiger partial charge in [0.2, 0.25) is 5.91 Å². The van der Waals surface area contributed by atoms with Crippen molar-refractivity contribution in [2.45, 2.75) is 58.4 Å². The van der Waals surface area contributed by atoms with Crippen molar-refractivity contribution in [2.75, 3.05) is 6.54 Å². The molecule has 7 heteroatoms. The highest BCUT2D eigenvalue weighted by molar-refractivity contribution is 5.97. The van der Waals surface area contributed by atoms with E-state index in [0.29, 0.717) is 36.1 Å². The minimum Gasteiger partial charge on any atom is -0.480 e. The number of aryl methyl sites for hydroxylation is 1. The molecule has 1 aromatic carbocycles. The maximum atomic E-state index is 12.8. The van der Waals surface area contributed by atoms with E-state index in [0.717, 1.165) is 16.3 Å². The van der Waals surface area contributed by atoms with Gasteiger partial charge in [-0.1, -0.05) is 20.8 Å². The van der Waals surface area contributed by atoms with Gasteiger partial charge in [0.05, 0.1) is 18.2 Å². The molecule has 7 nitrogen and oxygen atoms in total. The normalized spacial score (nSPS) is 17.2. The van der Waals surface area contributed by atoms with Crippen LogP contribution in [0.5, 0.6) is 0 Å². The molecule has 1 saturated heterocycles. The third-order valence-corrected chi connectivity index (χ3v) is 5.98. The molecule has 0 spiro atoms. The van der Waals surface area contributed by atoms with E-state index in [-0.39, 0.29) is 23.3 Å². The first-order valence-corrected chi connectivity index (χ1v) is 10.1. The van der Waals surface area contributed by atoms with Crippen molar-refractivity contribution in [3.8, 4) is 0 Å². The van der Waals surface area contributed by atoms with Gasteiger partial charge in [-0.25, -0.2) is 9.59 Å². The van der Waals surface area contributed by atoms with Crippen LogP contribution in [0.25, 0.3) is 21.9 Å². The Bertz CT molecular complexity index is 1230. The van der Waals surface area contributed by atoms with E-state index >= 15 is 0 Å². The highest BCUT2D eigenvalue weighted by Gasteiger charge is 2.34. The lowest BCUT2D eigenvalue weighted by molar-refractivity contribution is -0.148. The van der Waals surface area contributed by atoms with Crippen molar-refractivity contribution in [3.05, 3.63) is 45.5 Å². The number of carbonyl (C=O) groups excluding carboxylic acids is 1. The summed E-state index contributed by atoms with van der Waals surface area (Å²) in [7, 11) is 0. The van der Waals surface area contributed by atoms with Gasteiger partial charge in [0.1, 0.15) is 17.2 Å². The summed E-state index contributed by atoms with van der Waals surface area (Å²) in [6, 6.07) is 2.82. The molecule has 0 bridgehead atoms. The van der Waals surface area contributed by atoms with Crippen LogP contribution in [-0.4, -0.2) is 34.5 Å². The van der Waals surface area contributed by atoms with Crippen LogP contribution in [0, 0.1) is 6.92 Å². The fraction of sp³-hybridized carbons (Fsp3) is 0.435. The molecule has 0 radical (unpaired) electrons. The smallest absolute Gasteiger partial charge is 0.340 e. The molecule has 1 fully saturated rings. The predicted octanol–water partition coefficient (Wildman–Crippen LogP) is 3.76. The van der Waals surface area contributed by atoms with Crippen LogP contribution < -0.4 is 5.63 Å². The van der Waals surface area contributed by atoms with Crippen LogP contribution in [0.2, 0.25) is 0 Å². The summed E-state index contributed by atoms with van der Waals surface area (Å²) in [6.07, 6.45) is 2.62. The molecule has 1 amide bonds. The summed E-state index contributed by atoms with van der Waals surface area (Å²) in [4.78, 5) is 38.2. The molecule has 1 atom stereocenters. The Labute approximate surface area is 173 Å². The number of fused-ring (bicyclic) bond motifs is 2. The third-order valence-electron chi connectivity index (χ3n) is 5.98. The second-order valence-corrected chi connectivity index (χ2v) is 9.00. The highest BCUT2D eigenvalue weighted by atomic mass is 16.4. The highest BCUT2D eigenvalue weighted by Crippen LogP contribution is 2.35. The lowest BCUT2D eigenvalue weighted by atomic mass is 9.86. The summed E-state index contributed by atoms with van der Waals surface area (Å²) < 4.78 is 11.2. The molecule has 0 unspecified atom stereocenters. The number of amides is 1. The van der Waals surface area contributed by atoms with Crippen LogP contribution in [-0.2, 0) is 21.4 Å². The minimum absolute atomic E-state index is 0.122. The number of hydrogen-bond acceptors (Lipinski definition) is 5. The molecule has 30 heavy (non-hydrogen) atoms. The number of likely N-dealkylation sites (tertiary alicyclic amines) is 1. The molecule has 1 aliphatic heterocycles. The molecule has 1 N–H and O–H groups in total. The summed E-state index contributed by atoms with van der Waals surface area (Å²) in [5.74, 6) is -1.38. The van der Waals surface area contributed by atoms with Gasteiger partial charge in [0.25, 0.3) is 0 Å². The van der Waals surface area contributed by atoms with Gasteiger partial charge in [0, 0.05) is 28.9 Å². The van der Waals surface area contributed by atoms with E-state index in [1.807, 2.05) is 6.07 Å². The maximum Gasteiger partial charge on any atom is 0.340 e. The van der Waals surface area contributed by atoms with Gasteiger partial charge in [-0.05, 0) is 36.8 Å². The van der Waals surface area contributed by atoms with Gasteiger partial charge in [-0.15, -0.1) is 0 Å². The number of carboxylic acid groups (broad SMARTS) is 1. The molecule has 1 aliphatic rings. The van der Waals surface area contributed by atoms with E-state index in [1.165, 1.54) is 4.90 Å². The van der Waals surface area contributed by atoms with Crippen LogP contribution in [0.4, 0.5) is 0 Å². The van der Waals surface area contributed by atoms with Crippen LogP contribution in [0.3, 0.4) is 0 Å². The first kappa shape index (κ1) is 20.2. The SMILES string of the molecule is Cc1c(CC(=O)N2CCC[C@H]2C(=O)O)c(=O)oc2cc3occ(C(C)(C)C)c3cc12. The van der Waals surface area contributed by atoms with Crippen molar-refractivity contribution >= 4 is 33.8 Å². The lowest BCUT2D eigenvalue weighted by Gasteiger charge is -2.21. The summed E-state index contributed by atoms with van der Waals surface area (Å²) in [5.41, 5.74) is 2.32. The van der Waals surface area contributed by atoms with Gasteiger partial charge in [-0.2, -0.15) is 0 Å². The number of furan rings is 1. The van der Waals surface area contributed by atoms with E-state index in [9.17, 15) is 19.5 Å². The Morgan fingerprint density at radius 2 is 1.93 bits per heavy atom. The van der Waals surface area contributed by atoms with Gasteiger partial charge < -0.3 is 18.8 Å². The van der Waals surface area contributed by atoms with Gasteiger partial charge in [-0.3, -0.25) is 4.79 Å². The predicted molar refractivity (Wildman–Crippen MR) is 112 cm³/mol. The molecule has 3 aromatic rings. The molecular weight excluding hydrogens is 386 g/mol. The number of carboxylic acids is 1. The van der Waals surface area contributed by atoms with Crippen LogP contribution >= 0.6 is 0 Å². The van der Waals surface area contributed by atoms with Crippen LogP contribution in [0.15, 0.2) is 32.0 Å². The Kier molecular flexibility index (Phi) is 4.71. The van der Waals surface area contributed by atoms with Crippen molar-refractivity contribution in [1.29, 1.82) is 0 Å². The number of nitrogens with zero attached hydrogens (tertiary/aromatic N) is 1. The third kappa shape index (κ3) is 3.28. The average molecular weight is 411 g/mol. The molecule has 4 rings (SSSR count). The minimum atomic E-state index is -1.01. The second kappa shape index (κ2) is 7.00. The van der Waals surface area contributed by atoms with Gasteiger partial charge in [0.15, 0.2) is 0 Å². The fourth-order valence-corrected chi connectivity index (χ4v) is 4.27. The average Bonchev–Trinajstić information content (AvgIpc) is 3.30. The Hall–Kier alpha value is -3.09. The Balaban J connectivity index is 1.79. The quantitative estimate of drug-likeness (QED) is 0.659. The van der Waals surface area contributed by atoms with Crippen molar-refractivity contribution < 1.29 is 23.5 Å². The Morgan fingerprint density at radius 3 is 2.60 bits per heavy atom. The van der Waals surface area contributed by atoms with Gasteiger partial charge >= 0.3 is 11.6 Å².